The van der Waals surface area contributed by atoms with Gasteiger partial charge in [0.05, 0.1) is 19.0 Å². The zero-order valence-corrected chi connectivity index (χ0v) is 7.03. The van der Waals surface area contributed by atoms with Crippen molar-refractivity contribution in [2.75, 3.05) is 13.2 Å². The number of rotatable bonds is 1. The van der Waals surface area contributed by atoms with Gasteiger partial charge in [-0.3, -0.25) is 0 Å². The topological polar surface area (TPSA) is 38.7 Å². The molecule has 2 rings (SSSR count). The van der Waals surface area contributed by atoms with Crippen LogP contribution in [-0.2, 0) is 9.47 Å². The standard InChI is InChI=1S/C9H14O3/c10-8-3-1-7(2-4-8)9-11-5-6-12-9/h3,7,9-10H,1-2,4-6H2. The summed E-state index contributed by atoms with van der Waals surface area (Å²) in [5.41, 5.74) is 0. The molecule has 1 aliphatic carbocycles. The summed E-state index contributed by atoms with van der Waals surface area (Å²) in [5.74, 6) is 0.965. The van der Waals surface area contributed by atoms with E-state index < -0.39 is 0 Å². The van der Waals surface area contributed by atoms with E-state index in [1.807, 2.05) is 6.08 Å². The van der Waals surface area contributed by atoms with Gasteiger partial charge in [0.15, 0.2) is 6.29 Å². The van der Waals surface area contributed by atoms with Crippen molar-refractivity contribution in [3.8, 4) is 0 Å². The first kappa shape index (κ1) is 8.08. The maximum Gasteiger partial charge on any atom is 0.160 e. The first-order valence-corrected chi connectivity index (χ1v) is 4.47. The molecule has 0 spiro atoms. The second kappa shape index (κ2) is 3.46. The van der Waals surface area contributed by atoms with Crippen molar-refractivity contribution >= 4 is 0 Å². The summed E-state index contributed by atoms with van der Waals surface area (Å²) in [6.45, 7) is 1.44. The Bertz CT molecular complexity index is 182. The lowest BCUT2D eigenvalue weighted by atomic mass is 9.93. The maximum atomic E-state index is 9.15. The van der Waals surface area contributed by atoms with Crippen molar-refractivity contribution in [3.05, 3.63) is 11.8 Å². The largest absolute Gasteiger partial charge is 0.513 e. The van der Waals surface area contributed by atoms with E-state index in [-0.39, 0.29) is 6.29 Å². The molecule has 2 aliphatic rings. The van der Waals surface area contributed by atoms with Gasteiger partial charge in [0.1, 0.15) is 0 Å². The minimum Gasteiger partial charge on any atom is -0.513 e. The number of ether oxygens (including phenoxy) is 2. The average Bonchev–Trinajstić information content (AvgIpc) is 2.58. The molecule has 0 radical (unpaired) electrons. The molecule has 1 aliphatic heterocycles. The molecule has 1 N–H and O–H groups in total. The lowest BCUT2D eigenvalue weighted by molar-refractivity contribution is -0.0864. The van der Waals surface area contributed by atoms with E-state index >= 15 is 0 Å². The Balaban J connectivity index is 1.89. The van der Waals surface area contributed by atoms with Crippen LogP contribution in [0.25, 0.3) is 0 Å². The van der Waals surface area contributed by atoms with Crippen LogP contribution in [0.3, 0.4) is 0 Å². The Morgan fingerprint density at radius 2 is 2.08 bits per heavy atom. The Labute approximate surface area is 72.0 Å². The molecule has 0 amide bonds. The summed E-state index contributed by atoms with van der Waals surface area (Å²) >= 11 is 0. The van der Waals surface area contributed by atoms with Gasteiger partial charge in [-0.25, -0.2) is 0 Å². The third-order valence-electron chi connectivity index (χ3n) is 2.46. The molecule has 1 heterocycles. The Kier molecular flexibility index (Phi) is 2.33. The zero-order chi connectivity index (χ0) is 8.39. The quantitative estimate of drug-likeness (QED) is 0.649. The number of aliphatic hydroxyl groups is 1. The third-order valence-corrected chi connectivity index (χ3v) is 2.46. The van der Waals surface area contributed by atoms with Gasteiger partial charge < -0.3 is 14.6 Å². The van der Waals surface area contributed by atoms with Crippen LogP contribution < -0.4 is 0 Å². The normalized spacial score (nSPS) is 32.0. The Hall–Kier alpha value is -0.540. The molecule has 0 aromatic rings. The second-order valence-corrected chi connectivity index (χ2v) is 3.34. The van der Waals surface area contributed by atoms with Crippen molar-refractivity contribution in [1.82, 2.24) is 0 Å². The highest BCUT2D eigenvalue weighted by Gasteiger charge is 2.27. The van der Waals surface area contributed by atoms with Crippen LogP contribution in [0.4, 0.5) is 0 Å². The molecule has 0 saturated carbocycles. The van der Waals surface area contributed by atoms with Crippen LogP contribution in [0.2, 0.25) is 0 Å². The maximum absolute atomic E-state index is 9.15. The van der Waals surface area contributed by atoms with E-state index in [4.69, 9.17) is 14.6 Å². The van der Waals surface area contributed by atoms with E-state index in [1.54, 1.807) is 0 Å². The van der Waals surface area contributed by atoms with Gasteiger partial charge in [-0.15, -0.1) is 0 Å². The number of hydrogen-bond acceptors (Lipinski definition) is 3. The Morgan fingerprint density at radius 1 is 1.33 bits per heavy atom. The van der Waals surface area contributed by atoms with Gasteiger partial charge in [0, 0.05) is 12.3 Å². The van der Waals surface area contributed by atoms with Gasteiger partial charge in [-0.1, -0.05) is 0 Å². The first-order valence-electron chi connectivity index (χ1n) is 4.47. The van der Waals surface area contributed by atoms with E-state index in [0.717, 1.165) is 32.5 Å². The van der Waals surface area contributed by atoms with Gasteiger partial charge in [0.2, 0.25) is 0 Å². The van der Waals surface area contributed by atoms with Gasteiger partial charge in [-0.2, -0.15) is 0 Å². The van der Waals surface area contributed by atoms with Crippen LogP contribution >= 0.6 is 0 Å². The minimum atomic E-state index is -0.0191. The van der Waals surface area contributed by atoms with E-state index in [1.165, 1.54) is 0 Å². The minimum absolute atomic E-state index is 0.0191. The monoisotopic (exact) mass is 170 g/mol. The van der Waals surface area contributed by atoms with Crippen molar-refractivity contribution in [1.29, 1.82) is 0 Å². The molecule has 1 saturated heterocycles. The number of allylic oxidation sites excluding steroid dienone is 2. The lowest BCUT2D eigenvalue weighted by Gasteiger charge is -2.23. The molecule has 3 heteroatoms. The zero-order valence-electron chi connectivity index (χ0n) is 7.03. The van der Waals surface area contributed by atoms with E-state index in [2.05, 4.69) is 0 Å². The molecular weight excluding hydrogens is 156 g/mol. The fourth-order valence-corrected chi connectivity index (χ4v) is 1.74. The molecule has 12 heavy (non-hydrogen) atoms. The molecular formula is C9H14O3. The van der Waals surface area contributed by atoms with Crippen LogP contribution in [-0.4, -0.2) is 24.6 Å². The number of hydrogen-bond donors (Lipinski definition) is 1. The lowest BCUT2D eigenvalue weighted by Crippen LogP contribution is -2.23. The first-order chi connectivity index (χ1) is 5.86. The SMILES string of the molecule is OC1=CCC(C2OCCO2)CC1. The summed E-state index contributed by atoms with van der Waals surface area (Å²) in [7, 11) is 0. The molecule has 3 nitrogen and oxygen atoms in total. The predicted molar refractivity (Wildman–Crippen MR) is 43.7 cm³/mol. The van der Waals surface area contributed by atoms with E-state index in [9.17, 15) is 0 Å². The molecule has 0 aromatic heterocycles. The highest BCUT2D eigenvalue weighted by Crippen LogP contribution is 2.28. The summed E-state index contributed by atoms with van der Waals surface area (Å²) in [6, 6.07) is 0. The molecule has 0 bridgehead atoms. The summed E-state index contributed by atoms with van der Waals surface area (Å²) in [6.07, 6.45) is 4.49. The van der Waals surface area contributed by atoms with Crippen molar-refractivity contribution < 1.29 is 14.6 Å². The third kappa shape index (κ3) is 1.62. The molecule has 1 fully saturated rings. The van der Waals surface area contributed by atoms with Crippen molar-refractivity contribution in [2.24, 2.45) is 5.92 Å². The predicted octanol–water partition coefficient (Wildman–Crippen LogP) is 1.60. The fourth-order valence-electron chi connectivity index (χ4n) is 1.74. The molecule has 1 unspecified atom stereocenters. The highest BCUT2D eigenvalue weighted by atomic mass is 16.7. The van der Waals surface area contributed by atoms with Gasteiger partial charge in [-0.05, 0) is 18.9 Å². The molecule has 1 atom stereocenters. The highest BCUT2D eigenvalue weighted by molar-refractivity contribution is 4.98. The van der Waals surface area contributed by atoms with Crippen LogP contribution in [0.5, 0.6) is 0 Å². The van der Waals surface area contributed by atoms with Crippen LogP contribution in [0, 0.1) is 5.92 Å². The summed E-state index contributed by atoms with van der Waals surface area (Å²) < 4.78 is 10.8. The molecule has 68 valence electrons. The van der Waals surface area contributed by atoms with Crippen molar-refractivity contribution in [3.63, 3.8) is 0 Å². The van der Waals surface area contributed by atoms with Crippen LogP contribution in [0.1, 0.15) is 19.3 Å². The second-order valence-electron chi connectivity index (χ2n) is 3.34. The summed E-state index contributed by atoms with van der Waals surface area (Å²) in [4.78, 5) is 0. The fraction of sp³-hybridized carbons (Fsp3) is 0.778. The molecule has 0 aromatic carbocycles. The Morgan fingerprint density at radius 3 is 2.67 bits per heavy atom. The number of aliphatic hydroxyl groups excluding tert-OH is 1. The smallest absolute Gasteiger partial charge is 0.160 e. The van der Waals surface area contributed by atoms with Gasteiger partial charge in [0.25, 0.3) is 0 Å². The average molecular weight is 170 g/mol. The van der Waals surface area contributed by atoms with E-state index in [0.29, 0.717) is 11.7 Å². The van der Waals surface area contributed by atoms with Crippen LogP contribution in [0.15, 0.2) is 11.8 Å². The summed E-state index contributed by atoms with van der Waals surface area (Å²) in [5, 5.41) is 9.15. The van der Waals surface area contributed by atoms with Crippen molar-refractivity contribution in [2.45, 2.75) is 25.6 Å². The van der Waals surface area contributed by atoms with Gasteiger partial charge >= 0.3 is 0 Å².